The van der Waals surface area contributed by atoms with Crippen molar-refractivity contribution >= 4 is 23.4 Å². The molecule has 2 aliphatic heterocycles. The molecule has 2 N–H and O–H groups in total. The molecule has 2 aromatic carbocycles. The molecule has 0 spiro atoms. The summed E-state index contributed by atoms with van der Waals surface area (Å²) in [6.07, 6.45) is 9.09. The minimum Gasteiger partial charge on any atom is -0.336 e. The predicted molar refractivity (Wildman–Crippen MR) is 174 cm³/mol. The van der Waals surface area contributed by atoms with Crippen LogP contribution in [0.15, 0.2) is 79.1 Å². The molecule has 0 saturated carbocycles. The van der Waals surface area contributed by atoms with E-state index in [0.29, 0.717) is 30.2 Å². The van der Waals surface area contributed by atoms with Gasteiger partial charge in [0, 0.05) is 41.6 Å². The average molecular weight is 591 g/mol. The summed E-state index contributed by atoms with van der Waals surface area (Å²) in [5.41, 5.74) is 5.71. The van der Waals surface area contributed by atoms with Crippen LogP contribution in [0.1, 0.15) is 68.8 Å². The van der Waals surface area contributed by atoms with Crippen LogP contribution in [0.4, 0.5) is 16.3 Å². The lowest BCUT2D eigenvalue weighted by atomic mass is 9.85. The third-order valence-corrected chi connectivity index (χ3v) is 8.90. The van der Waals surface area contributed by atoms with Crippen molar-refractivity contribution in [3.8, 4) is 5.69 Å². The topological polar surface area (TPSA) is 92.2 Å². The quantitative estimate of drug-likeness (QED) is 0.241. The summed E-state index contributed by atoms with van der Waals surface area (Å²) in [5, 5.41) is 10.9. The fourth-order valence-electron chi connectivity index (χ4n) is 6.74. The first-order chi connectivity index (χ1) is 21.1. The number of piperidine rings is 1. The number of aryl methyl sites for hydroxylation is 1. The molecular weight excluding hydrogens is 548 g/mol. The van der Waals surface area contributed by atoms with Gasteiger partial charge in [0.05, 0.1) is 17.8 Å². The Labute approximate surface area is 259 Å². The number of hydrogen-bond donors (Lipinski definition) is 2. The molecule has 2 aliphatic rings. The zero-order valence-corrected chi connectivity index (χ0v) is 26.1. The van der Waals surface area contributed by atoms with Gasteiger partial charge >= 0.3 is 6.03 Å². The van der Waals surface area contributed by atoms with Gasteiger partial charge in [0.15, 0.2) is 0 Å². The lowest BCUT2D eigenvalue weighted by Crippen LogP contribution is -2.47. The Bertz CT molecular complexity index is 1610. The molecule has 2 fully saturated rings. The first kappa shape index (κ1) is 29.6. The highest BCUT2D eigenvalue weighted by Crippen LogP contribution is 2.40. The van der Waals surface area contributed by atoms with E-state index in [-0.39, 0.29) is 17.4 Å². The third kappa shape index (κ3) is 6.69. The van der Waals surface area contributed by atoms with Crippen LogP contribution in [0, 0.1) is 12.8 Å². The highest BCUT2D eigenvalue weighted by atomic mass is 16.2. The van der Waals surface area contributed by atoms with Crippen LogP contribution < -0.4 is 10.6 Å². The number of anilines is 2. The molecular formula is C36H42N6O2. The monoisotopic (exact) mass is 590 g/mol. The standard InChI is InChI=1S/C36H42N6O2/c1-24-10-12-29(13-11-24)42-33(22-32(40-42)36(2,3)4)39-35(44)38-28-9-5-7-25(18-28)17-27-19-30-14-15-31(20-27)41(30)34(43)21-26-8-6-16-37-23-26/h5-13,16,18,22-23,27,30-31H,14-15,17,19-21H2,1-4H3,(H2,38,39,44). The van der Waals surface area contributed by atoms with Crippen molar-refractivity contribution in [2.45, 2.75) is 83.7 Å². The number of carbonyl (C=O) groups excluding carboxylic acids is 2. The van der Waals surface area contributed by atoms with E-state index in [4.69, 9.17) is 5.10 Å². The minimum atomic E-state index is -0.311. The Morgan fingerprint density at radius 3 is 2.32 bits per heavy atom. The Morgan fingerprint density at radius 1 is 0.909 bits per heavy atom. The highest BCUT2D eigenvalue weighted by molar-refractivity contribution is 5.99. The molecule has 44 heavy (non-hydrogen) atoms. The molecule has 228 valence electrons. The number of nitrogens with one attached hydrogen (secondary N) is 2. The Kier molecular flexibility index (Phi) is 8.25. The van der Waals surface area contributed by atoms with E-state index in [1.165, 1.54) is 5.56 Å². The van der Waals surface area contributed by atoms with Gasteiger partial charge in [0.25, 0.3) is 0 Å². The van der Waals surface area contributed by atoms with E-state index in [9.17, 15) is 9.59 Å². The van der Waals surface area contributed by atoms with Crippen LogP contribution in [0.3, 0.4) is 0 Å². The summed E-state index contributed by atoms with van der Waals surface area (Å²) < 4.78 is 1.79. The second-order valence-electron chi connectivity index (χ2n) is 13.5. The molecule has 0 aliphatic carbocycles. The largest absolute Gasteiger partial charge is 0.336 e. The summed E-state index contributed by atoms with van der Waals surface area (Å²) in [7, 11) is 0. The van der Waals surface area contributed by atoms with Crippen molar-refractivity contribution in [1.82, 2.24) is 19.7 Å². The van der Waals surface area contributed by atoms with Crippen molar-refractivity contribution in [3.63, 3.8) is 0 Å². The zero-order valence-electron chi connectivity index (χ0n) is 26.1. The molecule has 2 aromatic heterocycles. The Balaban J connectivity index is 1.09. The summed E-state index contributed by atoms with van der Waals surface area (Å²) in [4.78, 5) is 32.7. The second kappa shape index (κ2) is 12.3. The van der Waals surface area contributed by atoms with E-state index >= 15 is 0 Å². The van der Waals surface area contributed by atoms with Gasteiger partial charge in [-0.2, -0.15) is 5.10 Å². The third-order valence-electron chi connectivity index (χ3n) is 8.90. The maximum Gasteiger partial charge on any atom is 0.324 e. The lowest BCUT2D eigenvalue weighted by molar-refractivity contribution is -0.135. The van der Waals surface area contributed by atoms with Gasteiger partial charge in [0.1, 0.15) is 5.82 Å². The SMILES string of the molecule is Cc1ccc(-n2nc(C(C)(C)C)cc2NC(=O)Nc2cccc(CC3CC4CCC(C3)N4C(=O)Cc3cccnc3)c2)cc1. The zero-order chi connectivity index (χ0) is 30.8. The van der Waals surface area contributed by atoms with E-state index in [0.717, 1.165) is 60.3 Å². The number of aromatic nitrogens is 3. The number of urea groups is 1. The number of pyridine rings is 1. The fraction of sp³-hybridized carbons (Fsp3) is 0.389. The van der Waals surface area contributed by atoms with Gasteiger partial charge in [0.2, 0.25) is 5.91 Å². The average Bonchev–Trinajstić information content (AvgIpc) is 3.52. The number of nitrogens with zero attached hydrogens (tertiary/aromatic N) is 4. The number of carbonyl (C=O) groups is 2. The molecule has 2 unspecified atom stereocenters. The molecule has 2 saturated heterocycles. The van der Waals surface area contributed by atoms with E-state index < -0.39 is 0 Å². The Hall–Kier alpha value is -4.46. The van der Waals surface area contributed by atoms with Crippen molar-refractivity contribution in [3.05, 3.63) is 102 Å². The van der Waals surface area contributed by atoms with Crippen LogP contribution in [-0.2, 0) is 23.1 Å². The van der Waals surface area contributed by atoms with Crippen molar-refractivity contribution in [2.24, 2.45) is 5.92 Å². The van der Waals surface area contributed by atoms with Gasteiger partial charge in [-0.1, -0.05) is 56.7 Å². The minimum absolute atomic E-state index is 0.167. The van der Waals surface area contributed by atoms with Gasteiger partial charge in [-0.25, -0.2) is 9.48 Å². The van der Waals surface area contributed by atoms with Crippen LogP contribution in [0.2, 0.25) is 0 Å². The first-order valence-corrected chi connectivity index (χ1v) is 15.7. The highest BCUT2D eigenvalue weighted by Gasteiger charge is 2.42. The van der Waals surface area contributed by atoms with Gasteiger partial charge in [-0.3, -0.25) is 15.1 Å². The van der Waals surface area contributed by atoms with Gasteiger partial charge in [-0.05, 0) is 86.4 Å². The summed E-state index contributed by atoms with van der Waals surface area (Å²) >= 11 is 0. The summed E-state index contributed by atoms with van der Waals surface area (Å²) in [6, 6.07) is 22.3. The molecule has 2 atom stereocenters. The molecule has 6 rings (SSSR count). The van der Waals surface area contributed by atoms with Crippen molar-refractivity contribution in [1.29, 1.82) is 0 Å². The molecule has 3 amide bonds. The molecule has 4 heterocycles. The second-order valence-corrected chi connectivity index (χ2v) is 13.5. The Morgan fingerprint density at radius 2 is 1.64 bits per heavy atom. The van der Waals surface area contributed by atoms with Crippen LogP contribution >= 0.6 is 0 Å². The number of amides is 3. The number of fused-ring (bicyclic) bond motifs is 2. The van der Waals surface area contributed by atoms with Crippen LogP contribution in [0.25, 0.3) is 5.69 Å². The first-order valence-electron chi connectivity index (χ1n) is 15.7. The van der Waals surface area contributed by atoms with E-state index in [1.807, 2.05) is 61.5 Å². The van der Waals surface area contributed by atoms with Crippen LogP contribution in [0.5, 0.6) is 0 Å². The number of benzene rings is 2. The van der Waals surface area contributed by atoms with E-state index in [1.54, 1.807) is 17.1 Å². The normalized spacial score (nSPS) is 19.5. The van der Waals surface area contributed by atoms with Gasteiger partial charge < -0.3 is 10.2 Å². The molecule has 8 heteroatoms. The summed E-state index contributed by atoms with van der Waals surface area (Å²) in [6.45, 7) is 8.38. The fourth-order valence-corrected chi connectivity index (χ4v) is 6.74. The smallest absolute Gasteiger partial charge is 0.324 e. The maximum absolute atomic E-state index is 13.2. The molecule has 8 nitrogen and oxygen atoms in total. The van der Waals surface area contributed by atoms with E-state index in [2.05, 4.69) is 53.4 Å². The molecule has 0 radical (unpaired) electrons. The summed E-state index contributed by atoms with van der Waals surface area (Å²) in [5.74, 6) is 1.35. The predicted octanol–water partition coefficient (Wildman–Crippen LogP) is 7.07. The van der Waals surface area contributed by atoms with Crippen LogP contribution in [-0.4, -0.2) is 43.7 Å². The van der Waals surface area contributed by atoms with Gasteiger partial charge in [-0.15, -0.1) is 0 Å². The van der Waals surface area contributed by atoms with Crippen molar-refractivity contribution in [2.75, 3.05) is 10.6 Å². The number of rotatable bonds is 7. The lowest BCUT2D eigenvalue weighted by Gasteiger charge is -2.39. The number of hydrogen-bond acceptors (Lipinski definition) is 4. The maximum atomic E-state index is 13.2. The molecule has 2 bridgehead atoms. The van der Waals surface area contributed by atoms with Crippen molar-refractivity contribution < 1.29 is 9.59 Å². The molecule has 4 aromatic rings.